The zero-order chi connectivity index (χ0) is 11.9. The maximum absolute atomic E-state index is 11.6. The number of aromatic hydroxyl groups is 1. The van der Waals surface area contributed by atoms with Crippen molar-refractivity contribution < 1.29 is 15.0 Å². The minimum atomic E-state index is -1.38. The van der Waals surface area contributed by atoms with Gasteiger partial charge in [-0.05, 0) is 18.2 Å². The lowest BCUT2D eigenvalue weighted by molar-refractivity contribution is 0.0687. The largest absolute Gasteiger partial charge is 0.502 e. The molecular formula is C10H6BrNO4. The normalized spacial score (nSPS) is 10.6. The SMILES string of the molecule is O=C(O)c1[nH]c2cc(Br)ccc2c(=O)c1O. The van der Waals surface area contributed by atoms with Gasteiger partial charge in [-0.3, -0.25) is 4.79 Å². The van der Waals surface area contributed by atoms with Crippen molar-refractivity contribution in [1.29, 1.82) is 0 Å². The number of nitrogens with one attached hydrogen (secondary N) is 1. The lowest BCUT2D eigenvalue weighted by Crippen LogP contribution is -2.11. The quantitative estimate of drug-likeness (QED) is 0.743. The second-order valence-electron chi connectivity index (χ2n) is 3.17. The maximum Gasteiger partial charge on any atom is 0.356 e. The summed E-state index contributed by atoms with van der Waals surface area (Å²) in [4.78, 5) is 24.9. The topological polar surface area (TPSA) is 90.4 Å². The van der Waals surface area contributed by atoms with E-state index < -0.39 is 22.8 Å². The Bertz CT molecular complexity index is 647. The zero-order valence-electron chi connectivity index (χ0n) is 7.82. The number of carboxylic acid groups (broad SMARTS) is 1. The highest BCUT2D eigenvalue weighted by Gasteiger charge is 2.16. The molecule has 0 aliphatic carbocycles. The summed E-state index contributed by atoms with van der Waals surface area (Å²) < 4.78 is 0.706. The maximum atomic E-state index is 11.6. The highest BCUT2D eigenvalue weighted by Crippen LogP contribution is 2.19. The van der Waals surface area contributed by atoms with Crippen LogP contribution < -0.4 is 5.43 Å². The zero-order valence-corrected chi connectivity index (χ0v) is 9.41. The van der Waals surface area contributed by atoms with Crippen molar-refractivity contribution in [2.24, 2.45) is 0 Å². The number of pyridine rings is 1. The number of aromatic carboxylic acids is 1. The molecular weight excluding hydrogens is 278 g/mol. The van der Waals surface area contributed by atoms with E-state index in [1.165, 1.54) is 6.07 Å². The van der Waals surface area contributed by atoms with Crippen molar-refractivity contribution in [3.05, 3.63) is 38.6 Å². The molecule has 0 spiro atoms. The number of hydrogen-bond acceptors (Lipinski definition) is 3. The second kappa shape index (κ2) is 3.64. The molecule has 0 fully saturated rings. The van der Waals surface area contributed by atoms with Crippen LogP contribution in [0.1, 0.15) is 10.5 Å². The van der Waals surface area contributed by atoms with E-state index in [0.717, 1.165) is 0 Å². The molecule has 0 radical (unpaired) electrons. The molecule has 0 aliphatic rings. The van der Waals surface area contributed by atoms with Gasteiger partial charge in [0.05, 0.1) is 5.52 Å². The van der Waals surface area contributed by atoms with E-state index >= 15 is 0 Å². The molecule has 0 atom stereocenters. The predicted octanol–water partition coefficient (Wildman–Crippen LogP) is 1.69. The molecule has 0 saturated carbocycles. The predicted molar refractivity (Wildman–Crippen MR) is 60.9 cm³/mol. The number of hydrogen-bond donors (Lipinski definition) is 3. The van der Waals surface area contributed by atoms with Gasteiger partial charge in [0.2, 0.25) is 5.43 Å². The van der Waals surface area contributed by atoms with Crippen molar-refractivity contribution in [1.82, 2.24) is 4.98 Å². The second-order valence-corrected chi connectivity index (χ2v) is 4.09. The Labute approximate surface area is 97.5 Å². The molecule has 0 unspecified atom stereocenters. The van der Waals surface area contributed by atoms with Gasteiger partial charge in [-0.25, -0.2) is 4.79 Å². The van der Waals surface area contributed by atoms with Gasteiger partial charge in [0.25, 0.3) is 0 Å². The molecule has 1 aromatic heterocycles. The van der Waals surface area contributed by atoms with Gasteiger partial charge in [0.15, 0.2) is 11.4 Å². The molecule has 0 bridgehead atoms. The third kappa shape index (κ3) is 1.57. The van der Waals surface area contributed by atoms with E-state index in [-0.39, 0.29) is 5.39 Å². The van der Waals surface area contributed by atoms with Crippen LogP contribution in [0.5, 0.6) is 5.75 Å². The Balaban J connectivity index is 2.94. The van der Waals surface area contributed by atoms with Crippen LogP contribution in [-0.4, -0.2) is 21.2 Å². The van der Waals surface area contributed by atoms with E-state index in [0.29, 0.717) is 9.99 Å². The van der Waals surface area contributed by atoms with Crippen LogP contribution in [-0.2, 0) is 0 Å². The Morgan fingerprint density at radius 2 is 2.06 bits per heavy atom. The van der Waals surface area contributed by atoms with Crippen LogP contribution in [0.15, 0.2) is 27.5 Å². The molecule has 6 heteroatoms. The summed E-state index contributed by atoms with van der Waals surface area (Å²) >= 11 is 3.21. The first-order valence-electron chi connectivity index (χ1n) is 4.28. The number of benzene rings is 1. The molecule has 0 aliphatic heterocycles. The molecule has 5 nitrogen and oxygen atoms in total. The first-order chi connectivity index (χ1) is 7.50. The van der Waals surface area contributed by atoms with E-state index in [2.05, 4.69) is 20.9 Å². The number of carbonyl (C=O) groups is 1. The van der Waals surface area contributed by atoms with Crippen LogP contribution in [0.3, 0.4) is 0 Å². The molecule has 2 aromatic rings. The van der Waals surface area contributed by atoms with Crippen LogP contribution >= 0.6 is 15.9 Å². The van der Waals surface area contributed by atoms with Crippen LogP contribution in [0.25, 0.3) is 10.9 Å². The third-order valence-electron chi connectivity index (χ3n) is 2.15. The Morgan fingerprint density at radius 1 is 1.38 bits per heavy atom. The smallest absolute Gasteiger partial charge is 0.356 e. The molecule has 0 saturated heterocycles. The summed E-state index contributed by atoms with van der Waals surface area (Å²) in [7, 11) is 0. The average molecular weight is 284 g/mol. The van der Waals surface area contributed by atoms with Crippen molar-refractivity contribution >= 4 is 32.8 Å². The van der Waals surface area contributed by atoms with Gasteiger partial charge in [-0.1, -0.05) is 15.9 Å². The summed E-state index contributed by atoms with van der Waals surface area (Å²) in [5.41, 5.74) is -0.844. The number of carboxylic acids is 1. The number of aromatic nitrogens is 1. The first kappa shape index (κ1) is 10.7. The van der Waals surface area contributed by atoms with Gasteiger partial charge >= 0.3 is 5.97 Å². The van der Waals surface area contributed by atoms with E-state index in [4.69, 9.17) is 5.11 Å². The van der Waals surface area contributed by atoms with E-state index in [1.807, 2.05) is 0 Å². The van der Waals surface area contributed by atoms with Crippen LogP contribution in [0.2, 0.25) is 0 Å². The third-order valence-corrected chi connectivity index (χ3v) is 2.64. The van der Waals surface area contributed by atoms with E-state index in [1.54, 1.807) is 12.1 Å². The van der Waals surface area contributed by atoms with Gasteiger partial charge in [0, 0.05) is 9.86 Å². The number of rotatable bonds is 1. The van der Waals surface area contributed by atoms with Gasteiger partial charge in [-0.2, -0.15) is 0 Å². The lowest BCUT2D eigenvalue weighted by Gasteiger charge is -2.03. The molecule has 1 aromatic carbocycles. The van der Waals surface area contributed by atoms with Gasteiger partial charge in [0.1, 0.15) is 0 Å². The minimum absolute atomic E-state index is 0.241. The van der Waals surface area contributed by atoms with Crippen molar-refractivity contribution in [3.63, 3.8) is 0 Å². The van der Waals surface area contributed by atoms with Crippen LogP contribution in [0, 0.1) is 0 Å². The Morgan fingerprint density at radius 3 is 2.69 bits per heavy atom. The molecule has 82 valence electrons. The monoisotopic (exact) mass is 283 g/mol. The number of H-pyrrole nitrogens is 1. The van der Waals surface area contributed by atoms with Crippen molar-refractivity contribution in [2.75, 3.05) is 0 Å². The summed E-state index contributed by atoms with van der Waals surface area (Å²) in [5, 5.41) is 18.4. The van der Waals surface area contributed by atoms with E-state index in [9.17, 15) is 14.7 Å². The van der Waals surface area contributed by atoms with Crippen molar-refractivity contribution in [3.8, 4) is 5.75 Å². The summed E-state index contributed by atoms with van der Waals surface area (Å²) in [6.07, 6.45) is 0. The molecule has 16 heavy (non-hydrogen) atoms. The van der Waals surface area contributed by atoms with Gasteiger partial charge in [-0.15, -0.1) is 0 Å². The average Bonchev–Trinajstić information content (AvgIpc) is 2.22. The minimum Gasteiger partial charge on any atom is -0.502 e. The number of fused-ring (bicyclic) bond motifs is 1. The molecule has 1 heterocycles. The highest BCUT2D eigenvalue weighted by molar-refractivity contribution is 9.10. The summed E-state index contributed by atoms with van der Waals surface area (Å²) in [5.74, 6) is -2.15. The summed E-state index contributed by atoms with van der Waals surface area (Å²) in [6, 6.07) is 4.71. The standard InChI is InChI=1S/C10H6BrNO4/c11-4-1-2-5-6(3-4)12-7(10(15)16)9(14)8(5)13/h1-3,14H,(H,12,13)(H,15,16). The fourth-order valence-electron chi connectivity index (χ4n) is 1.41. The molecule has 0 amide bonds. The Kier molecular flexibility index (Phi) is 2.43. The van der Waals surface area contributed by atoms with Crippen molar-refractivity contribution in [2.45, 2.75) is 0 Å². The highest BCUT2D eigenvalue weighted by atomic mass is 79.9. The number of aromatic amines is 1. The van der Waals surface area contributed by atoms with Gasteiger partial charge < -0.3 is 15.2 Å². The van der Waals surface area contributed by atoms with Crippen LogP contribution in [0.4, 0.5) is 0 Å². The molecule has 3 N–H and O–H groups in total. The first-order valence-corrected chi connectivity index (χ1v) is 5.08. The fourth-order valence-corrected chi connectivity index (χ4v) is 1.77. The lowest BCUT2D eigenvalue weighted by atomic mass is 10.2. The Hall–Kier alpha value is -1.82. The number of halogens is 1. The summed E-state index contributed by atoms with van der Waals surface area (Å²) in [6.45, 7) is 0. The molecule has 2 rings (SSSR count). The fraction of sp³-hybridized carbons (Fsp3) is 0.